The SMILES string of the molecule is O=C(c1cnn(C(=O)c2ccc(CSc3nc4ccccc4s3)cc2)c1)c1ccccc1O. The zero-order valence-electron chi connectivity index (χ0n) is 17.2. The second-order valence-electron chi connectivity index (χ2n) is 7.26. The Kier molecular flexibility index (Phi) is 5.77. The van der Waals surface area contributed by atoms with E-state index < -0.39 is 5.78 Å². The van der Waals surface area contributed by atoms with E-state index in [2.05, 4.69) is 16.1 Å². The molecule has 6 nitrogen and oxygen atoms in total. The maximum absolute atomic E-state index is 12.8. The van der Waals surface area contributed by atoms with E-state index in [1.54, 1.807) is 47.4 Å². The van der Waals surface area contributed by atoms with Gasteiger partial charge in [0.15, 0.2) is 10.1 Å². The topological polar surface area (TPSA) is 85.1 Å². The number of para-hydroxylation sites is 2. The molecule has 0 spiro atoms. The molecule has 0 unspecified atom stereocenters. The summed E-state index contributed by atoms with van der Waals surface area (Å²) < 4.78 is 3.31. The molecule has 2 heterocycles. The van der Waals surface area contributed by atoms with Crippen LogP contribution in [0, 0.1) is 0 Å². The number of carbonyl (C=O) groups excluding carboxylic acids is 2. The van der Waals surface area contributed by atoms with E-state index in [1.165, 1.54) is 29.2 Å². The lowest BCUT2D eigenvalue weighted by molar-refractivity contribution is 0.0945. The third kappa shape index (κ3) is 4.44. The first-order valence-corrected chi connectivity index (χ1v) is 11.9. The van der Waals surface area contributed by atoms with E-state index in [9.17, 15) is 14.7 Å². The predicted octanol–water partition coefficient (Wildman–Crippen LogP) is 5.41. The number of aromatic nitrogens is 3. The molecule has 33 heavy (non-hydrogen) atoms. The van der Waals surface area contributed by atoms with Crippen LogP contribution < -0.4 is 0 Å². The number of thiazole rings is 1. The zero-order chi connectivity index (χ0) is 22.8. The second kappa shape index (κ2) is 9.01. The number of benzene rings is 3. The van der Waals surface area contributed by atoms with Gasteiger partial charge < -0.3 is 5.11 Å². The number of ketones is 1. The molecule has 3 aromatic carbocycles. The molecule has 0 atom stereocenters. The predicted molar refractivity (Wildman–Crippen MR) is 129 cm³/mol. The number of hydrogen-bond acceptors (Lipinski definition) is 7. The van der Waals surface area contributed by atoms with Crippen molar-refractivity contribution in [2.75, 3.05) is 0 Å². The molecule has 0 amide bonds. The molecule has 0 bridgehead atoms. The van der Waals surface area contributed by atoms with Crippen molar-refractivity contribution in [1.82, 2.24) is 14.8 Å². The molecule has 162 valence electrons. The van der Waals surface area contributed by atoms with Crippen LogP contribution in [-0.2, 0) is 5.75 Å². The van der Waals surface area contributed by atoms with Gasteiger partial charge in [-0.1, -0.05) is 48.2 Å². The number of fused-ring (bicyclic) bond motifs is 1. The van der Waals surface area contributed by atoms with Gasteiger partial charge in [-0.3, -0.25) is 9.59 Å². The van der Waals surface area contributed by atoms with Gasteiger partial charge in [-0.2, -0.15) is 5.10 Å². The number of aromatic hydroxyl groups is 1. The highest BCUT2D eigenvalue weighted by Crippen LogP contribution is 2.31. The lowest BCUT2D eigenvalue weighted by atomic mass is 10.1. The van der Waals surface area contributed by atoms with E-state index >= 15 is 0 Å². The van der Waals surface area contributed by atoms with Crippen molar-refractivity contribution in [3.8, 4) is 5.75 Å². The number of rotatable bonds is 6. The van der Waals surface area contributed by atoms with Crippen molar-refractivity contribution in [3.05, 3.63) is 107 Å². The molecule has 0 radical (unpaired) electrons. The summed E-state index contributed by atoms with van der Waals surface area (Å²) in [4.78, 5) is 30.0. The van der Waals surface area contributed by atoms with Crippen molar-refractivity contribution >= 4 is 45.0 Å². The Morgan fingerprint density at radius 3 is 2.48 bits per heavy atom. The molecule has 8 heteroatoms. The van der Waals surface area contributed by atoms with Gasteiger partial charge in [-0.05, 0) is 42.0 Å². The van der Waals surface area contributed by atoms with Crippen LogP contribution >= 0.6 is 23.1 Å². The quantitative estimate of drug-likeness (QED) is 0.263. The van der Waals surface area contributed by atoms with Crippen LogP contribution in [0.2, 0.25) is 0 Å². The molecular formula is C25H17N3O3S2. The minimum absolute atomic E-state index is 0.110. The normalized spacial score (nSPS) is 11.0. The molecule has 0 fully saturated rings. The highest BCUT2D eigenvalue weighted by Gasteiger charge is 2.17. The second-order valence-corrected chi connectivity index (χ2v) is 9.51. The fourth-order valence-electron chi connectivity index (χ4n) is 3.31. The first-order chi connectivity index (χ1) is 16.1. The van der Waals surface area contributed by atoms with Crippen LogP contribution in [-0.4, -0.2) is 31.6 Å². The van der Waals surface area contributed by atoms with Gasteiger partial charge in [0.05, 0.1) is 27.5 Å². The van der Waals surface area contributed by atoms with Crippen molar-refractivity contribution in [3.63, 3.8) is 0 Å². The smallest absolute Gasteiger partial charge is 0.278 e. The minimum Gasteiger partial charge on any atom is -0.507 e. The standard InChI is InChI=1S/C25H17N3O3S2/c29-21-7-3-1-5-19(21)23(30)18-13-26-28(14-18)24(31)17-11-9-16(10-12-17)15-32-25-27-20-6-2-4-8-22(20)33-25/h1-14,29H,15H2. The van der Waals surface area contributed by atoms with Crippen molar-refractivity contribution < 1.29 is 14.7 Å². The Labute approximate surface area is 197 Å². The Morgan fingerprint density at radius 1 is 0.939 bits per heavy atom. The van der Waals surface area contributed by atoms with Crippen molar-refractivity contribution in [1.29, 1.82) is 0 Å². The molecule has 0 saturated heterocycles. The van der Waals surface area contributed by atoms with Gasteiger partial charge >= 0.3 is 0 Å². The maximum Gasteiger partial charge on any atom is 0.278 e. The van der Waals surface area contributed by atoms with Crippen LogP contribution in [0.5, 0.6) is 5.75 Å². The molecule has 2 aromatic heterocycles. The summed E-state index contributed by atoms with van der Waals surface area (Å²) in [7, 11) is 0. The van der Waals surface area contributed by atoms with Crippen molar-refractivity contribution in [2.45, 2.75) is 10.1 Å². The molecule has 0 aliphatic rings. The Bertz CT molecular complexity index is 1440. The molecule has 0 saturated carbocycles. The summed E-state index contributed by atoms with van der Waals surface area (Å²) in [6.07, 6.45) is 2.71. The third-order valence-corrected chi connectivity index (χ3v) is 7.29. The van der Waals surface area contributed by atoms with Gasteiger partial charge in [-0.25, -0.2) is 9.67 Å². The fourth-order valence-corrected chi connectivity index (χ4v) is 5.33. The minimum atomic E-state index is -0.394. The number of nitrogens with zero attached hydrogens (tertiary/aromatic N) is 3. The summed E-state index contributed by atoms with van der Waals surface area (Å²) in [6.45, 7) is 0. The van der Waals surface area contributed by atoms with Crippen LogP contribution in [0.4, 0.5) is 0 Å². The Morgan fingerprint density at radius 2 is 1.70 bits per heavy atom. The van der Waals surface area contributed by atoms with Crippen LogP contribution in [0.15, 0.2) is 89.5 Å². The lowest BCUT2D eigenvalue weighted by Gasteiger charge is -2.03. The lowest BCUT2D eigenvalue weighted by Crippen LogP contribution is -2.12. The number of hydrogen-bond donors (Lipinski definition) is 1. The van der Waals surface area contributed by atoms with E-state index in [4.69, 9.17) is 0 Å². The molecular weight excluding hydrogens is 454 g/mol. The third-order valence-electron chi connectivity index (χ3n) is 5.04. The average molecular weight is 472 g/mol. The van der Waals surface area contributed by atoms with E-state index in [0.29, 0.717) is 5.56 Å². The zero-order valence-corrected chi connectivity index (χ0v) is 18.8. The average Bonchev–Trinajstić information content (AvgIpc) is 3.50. The summed E-state index contributed by atoms with van der Waals surface area (Å²) in [6, 6.07) is 21.7. The summed E-state index contributed by atoms with van der Waals surface area (Å²) in [5, 5.41) is 13.9. The molecule has 1 N–H and O–H groups in total. The highest BCUT2D eigenvalue weighted by atomic mass is 32.2. The first kappa shape index (κ1) is 21.1. The molecule has 0 aliphatic heterocycles. The van der Waals surface area contributed by atoms with E-state index in [1.807, 2.05) is 30.3 Å². The highest BCUT2D eigenvalue weighted by molar-refractivity contribution is 8.00. The van der Waals surface area contributed by atoms with Gasteiger partial charge in [0.1, 0.15) is 5.75 Å². The monoisotopic (exact) mass is 471 g/mol. The fraction of sp³-hybridized carbons (Fsp3) is 0.0400. The number of phenols is 1. The molecule has 5 aromatic rings. The maximum atomic E-state index is 12.8. The van der Waals surface area contributed by atoms with Crippen LogP contribution in [0.3, 0.4) is 0 Å². The van der Waals surface area contributed by atoms with Gasteiger partial charge in [-0.15, -0.1) is 11.3 Å². The Hall–Kier alpha value is -3.75. The van der Waals surface area contributed by atoms with Gasteiger partial charge in [0.25, 0.3) is 5.91 Å². The van der Waals surface area contributed by atoms with Crippen LogP contribution in [0.25, 0.3) is 10.2 Å². The Balaban J connectivity index is 1.26. The number of thioether (sulfide) groups is 1. The van der Waals surface area contributed by atoms with Gasteiger partial charge in [0.2, 0.25) is 0 Å². The van der Waals surface area contributed by atoms with Crippen molar-refractivity contribution in [2.24, 2.45) is 0 Å². The largest absolute Gasteiger partial charge is 0.507 e. The van der Waals surface area contributed by atoms with E-state index in [-0.39, 0.29) is 22.8 Å². The molecule has 0 aliphatic carbocycles. The summed E-state index contributed by atoms with van der Waals surface area (Å²) >= 11 is 3.33. The van der Waals surface area contributed by atoms with Gasteiger partial charge in [0, 0.05) is 17.5 Å². The van der Waals surface area contributed by atoms with Crippen LogP contribution in [0.1, 0.15) is 31.8 Å². The summed E-state index contributed by atoms with van der Waals surface area (Å²) in [5.74, 6) is -0.0955. The number of carbonyl (C=O) groups is 2. The first-order valence-electron chi connectivity index (χ1n) is 10.1. The van der Waals surface area contributed by atoms with E-state index in [0.717, 1.165) is 25.9 Å². The number of phenolic OH excluding ortho intramolecular Hbond substituents is 1. The summed E-state index contributed by atoms with van der Waals surface area (Å²) in [5.41, 5.74) is 2.94. The molecule has 5 rings (SSSR count).